The number of nitrogens with zero attached hydrogens (tertiary/aromatic N) is 2. The minimum atomic E-state index is -0.465. The van der Waals surface area contributed by atoms with Crippen LogP contribution in [0.2, 0.25) is 0 Å². The summed E-state index contributed by atoms with van der Waals surface area (Å²) >= 11 is 0. The summed E-state index contributed by atoms with van der Waals surface area (Å²) < 4.78 is 2.39. The van der Waals surface area contributed by atoms with Gasteiger partial charge in [-0.2, -0.15) is 0 Å². The van der Waals surface area contributed by atoms with Crippen LogP contribution >= 0.6 is 0 Å². The van der Waals surface area contributed by atoms with Crippen molar-refractivity contribution in [3.8, 4) is 5.88 Å². The minimum Gasteiger partial charge on any atom is -0.494 e. The molecule has 0 radical (unpaired) electrons. The Kier molecular flexibility index (Phi) is 4.40. The zero-order valence-electron chi connectivity index (χ0n) is 11.5. The molecule has 5 nitrogen and oxygen atoms in total. The smallest absolute Gasteiger partial charge is 0.334 e. The summed E-state index contributed by atoms with van der Waals surface area (Å²) in [6, 6.07) is 10.4. The molecule has 0 aliphatic heterocycles. The molecule has 2 aromatic rings. The standard InChI is InChI=1S/C15H18N2O3/c1-2-3-9-16-13(18)10-14(19)17(15(16)20)11-12-7-5-4-6-8-12/h4-8,10,19H,2-3,9,11H2,1H3. The van der Waals surface area contributed by atoms with Crippen LogP contribution in [-0.4, -0.2) is 14.2 Å². The van der Waals surface area contributed by atoms with E-state index in [0.717, 1.165) is 24.5 Å². The molecule has 0 saturated heterocycles. The van der Waals surface area contributed by atoms with Crippen LogP contribution in [0, 0.1) is 0 Å². The van der Waals surface area contributed by atoms with Crippen LogP contribution < -0.4 is 11.2 Å². The van der Waals surface area contributed by atoms with Crippen LogP contribution in [0.4, 0.5) is 0 Å². The van der Waals surface area contributed by atoms with Crippen molar-refractivity contribution in [3.05, 3.63) is 62.8 Å². The van der Waals surface area contributed by atoms with Gasteiger partial charge in [-0.05, 0) is 12.0 Å². The maximum atomic E-state index is 12.3. The number of aromatic hydroxyl groups is 1. The molecule has 0 amide bonds. The van der Waals surface area contributed by atoms with Gasteiger partial charge in [0.25, 0.3) is 5.56 Å². The van der Waals surface area contributed by atoms with E-state index in [1.807, 2.05) is 37.3 Å². The van der Waals surface area contributed by atoms with E-state index < -0.39 is 11.2 Å². The molecule has 0 fully saturated rings. The quantitative estimate of drug-likeness (QED) is 0.900. The highest BCUT2D eigenvalue weighted by atomic mass is 16.3. The van der Waals surface area contributed by atoms with E-state index in [2.05, 4.69) is 0 Å². The summed E-state index contributed by atoms with van der Waals surface area (Å²) in [6.45, 7) is 2.62. The van der Waals surface area contributed by atoms with E-state index in [1.165, 1.54) is 9.13 Å². The highest BCUT2D eigenvalue weighted by Crippen LogP contribution is 2.07. The first-order chi connectivity index (χ1) is 9.63. The molecule has 0 unspecified atom stereocenters. The van der Waals surface area contributed by atoms with Crippen LogP contribution in [0.25, 0.3) is 0 Å². The summed E-state index contributed by atoms with van der Waals surface area (Å²) in [7, 11) is 0. The number of hydrogen-bond donors (Lipinski definition) is 1. The molecule has 0 atom stereocenters. The lowest BCUT2D eigenvalue weighted by Crippen LogP contribution is -2.39. The summed E-state index contributed by atoms with van der Waals surface area (Å²) in [5, 5.41) is 9.83. The third kappa shape index (κ3) is 2.99. The van der Waals surface area contributed by atoms with Gasteiger partial charge in [-0.1, -0.05) is 43.7 Å². The molecule has 0 aliphatic rings. The predicted molar refractivity (Wildman–Crippen MR) is 77.1 cm³/mol. The number of hydrogen-bond acceptors (Lipinski definition) is 3. The molecule has 0 aliphatic carbocycles. The maximum absolute atomic E-state index is 12.3. The highest BCUT2D eigenvalue weighted by molar-refractivity contribution is 5.17. The highest BCUT2D eigenvalue weighted by Gasteiger charge is 2.10. The van der Waals surface area contributed by atoms with Crippen LogP contribution in [0.15, 0.2) is 46.0 Å². The van der Waals surface area contributed by atoms with Crippen LogP contribution in [0.3, 0.4) is 0 Å². The van der Waals surface area contributed by atoms with Gasteiger partial charge in [0.05, 0.1) is 12.6 Å². The molecule has 1 aromatic heterocycles. The monoisotopic (exact) mass is 274 g/mol. The Labute approximate surface area is 116 Å². The second-order valence-electron chi connectivity index (χ2n) is 4.70. The summed E-state index contributed by atoms with van der Waals surface area (Å²) in [6.07, 6.45) is 1.65. The first kappa shape index (κ1) is 14.1. The Morgan fingerprint density at radius 3 is 2.45 bits per heavy atom. The fourth-order valence-electron chi connectivity index (χ4n) is 2.04. The van der Waals surface area contributed by atoms with Crippen molar-refractivity contribution in [3.63, 3.8) is 0 Å². The van der Waals surface area contributed by atoms with Gasteiger partial charge >= 0.3 is 5.69 Å². The molecule has 0 bridgehead atoms. The third-order valence-electron chi connectivity index (χ3n) is 3.18. The molecule has 0 spiro atoms. The number of rotatable bonds is 5. The molecule has 5 heteroatoms. The topological polar surface area (TPSA) is 64.2 Å². The predicted octanol–water partition coefficient (Wildman–Crippen LogP) is 1.56. The van der Waals surface area contributed by atoms with Gasteiger partial charge in [0.1, 0.15) is 0 Å². The van der Waals surface area contributed by atoms with E-state index >= 15 is 0 Å². The van der Waals surface area contributed by atoms with Crippen molar-refractivity contribution in [1.29, 1.82) is 0 Å². The van der Waals surface area contributed by atoms with Crippen LogP contribution in [0.5, 0.6) is 5.88 Å². The lowest BCUT2D eigenvalue weighted by Gasteiger charge is -2.11. The summed E-state index contributed by atoms with van der Waals surface area (Å²) in [5.74, 6) is -0.295. The van der Waals surface area contributed by atoms with Crippen LogP contribution in [0.1, 0.15) is 25.3 Å². The van der Waals surface area contributed by atoms with E-state index in [9.17, 15) is 14.7 Å². The molecular weight excluding hydrogens is 256 g/mol. The Morgan fingerprint density at radius 1 is 1.10 bits per heavy atom. The van der Waals surface area contributed by atoms with Gasteiger partial charge in [0, 0.05) is 6.54 Å². The van der Waals surface area contributed by atoms with Crippen molar-refractivity contribution in [2.24, 2.45) is 0 Å². The summed E-state index contributed by atoms with van der Waals surface area (Å²) in [5.41, 5.74) is -0.0249. The third-order valence-corrected chi connectivity index (χ3v) is 3.18. The molecule has 2 rings (SSSR count). The molecule has 1 heterocycles. The Morgan fingerprint density at radius 2 is 1.80 bits per heavy atom. The van der Waals surface area contributed by atoms with Gasteiger partial charge in [0.15, 0.2) is 0 Å². The van der Waals surface area contributed by atoms with E-state index in [1.54, 1.807) is 0 Å². The number of aromatic nitrogens is 2. The molecule has 20 heavy (non-hydrogen) atoms. The van der Waals surface area contributed by atoms with Crippen molar-refractivity contribution >= 4 is 0 Å². The fourth-order valence-corrected chi connectivity index (χ4v) is 2.04. The summed E-state index contributed by atoms with van der Waals surface area (Å²) in [4.78, 5) is 24.0. The lowest BCUT2D eigenvalue weighted by atomic mass is 10.2. The Bertz CT molecular complexity index is 687. The van der Waals surface area contributed by atoms with Gasteiger partial charge in [0.2, 0.25) is 5.88 Å². The minimum absolute atomic E-state index is 0.248. The zero-order valence-corrected chi connectivity index (χ0v) is 11.5. The maximum Gasteiger partial charge on any atom is 0.334 e. The van der Waals surface area contributed by atoms with Gasteiger partial charge in [-0.3, -0.25) is 13.9 Å². The molecule has 0 saturated carbocycles. The second kappa shape index (κ2) is 6.23. The average Bonchev–Trinajstić information content (AvgIpc) is 2.44. The molecule has 106 valence electrons. The first-order valence-electron chi connectivity index (χ1n) is 6.71. The normalized spacial score (nSPS) is 10.7. The van der Waals surface area contributed by atoms with E-state index in [4.69, 9.17) is 0 Å². The lowest BCUT2D eigenvalue weighted by molar-refractivity contribution is 0.396. The van der Waals surface area contributed by atoms with Gasteiger partial charge in [-0.15, -0.1) is 0 Å². The van der Waals surface area contributed by atoms with Crippen molar-refractivity contribution in [1.82, 2.24) is 9.13 Å². The number of unbranched alkanes of at least 4 members (excludes halogenated alkanes) is 1. The van der Waals surface area contributed by atoms with Crippen LogP contribution in [-0.2, 0) is 13.1 Å². The Hall–Kier alpha value is -2.30. The van der Waals surface area contributed by atoms with Crippen molar-refractivity contribution < 1.29 is 5.11 Å². The average molecular weight is 274 g/mol. The van der Waals surface area contributed by atoms with E-state index in [0.29, 0.717) is 6.54 Å². The second-order valence-corrected chi connectivity index (χ2v) is 4.70. The van der Waals surface area contributed by atoms with Gasteiger partial charge < -0.3 is 5.11 Å². The number of benzene rings is 1. The fraction of sp³-hybridized carbons (Fsp3) is 0.333. The first-order valence-corrected chi connectivity index (χ1v) is 6.71. The molecule has 1 aromatic carbocycles. The van der Waals surface area contributed by atoms with Crippen molar-refractivity contribution in [2.45, 2.75) is 32.9 Å². The zero-order chi connectivity index (χ0) is 14.5. The molecule has 1 N–H and O–H groups in total. The SMILES string of the molecule is CCCCn1c(=O)cc(O)n(Cc2ccccc2)c1=O. The van der Waals surface area contributed by atoms with Gasteiger partial charge in [-0.25, -0.2) is 4.79 Å². The van der Waals surface area contributed by atoms with E-state index in [-0.39, 0.29) is 12.4 Å². The largest absolute Gasteiger partial charge is 0.494 e. The molecular formula is C15H18N2O3. The Balaban J connectivity index is 2.43. The van der Waals surface area contributed by atoms with Crippen molar-refractivity contribution in [2.75, 3.05) is 0 Å².